The van der Waals surface area contributed by atoms with Crippen molar-refractivity contribution < 1.29 is 4.74 Å². The monoisotopic (exact) mass is 205 g/mol. The molecular formula is C13H19NO. The lowest BCUT2D eigenvalue weighted by atomic mass is 9.77. The molecule has 2 N–H and O–H groups in total. The highest BCUT2D eigenvalue weighted by atomic mass is 16.5. The van der Waals surface area contributed by atoms with Crippen molar-refractivity contribution in [3.63, 3.8) is 0 Å². The molecule has 0 aliphatic carbocycles. The second-order valence-electron chi connectivity index (χ2n) is 4.80. The van der Waals surface area contributed by atoms with Crippen molar-refractivity contribution in [2.24, 2.45) is 5.73 Å². The van der Waals surface area contributed by atoms with E-state index in [1.54, 1.807) is 0 Å². The molecule has 1 aliphatic rings. The van der Waals surface area contributed by atoms with Crippen LogP contribution in [0.25, 0.3) is 0 Å². The molecular weight excluding hydrogens is 186 g/mol. The summed E-state index contributed by atoms with van der Waals surface area (Å²) in [4.78, 5) is 0. The molecule has 2 rings (SSSR count). The van der Waals surface area contributed by atoms with Gasteiger partial charge in [0.15, 0.2) is 0 Å². The minimum Gasteiger partial charge on any atom is -0.491 e. The highest BCUT2D eigenvalue weighted by molar-refractivity contribution is 5.43. The molecule has 82 valence electrons. The molecule has 0 radical (unpaired) electrons. The maximum Gasteiger partial charge on any atom is 0.122 e. The van der Waals surface area contributed by atoms with Crippen LogP contribution in [0.1, 0.15) is 37.3 Å². The van der Waals surface area contributed by atoms with Crippen molar-refractivity contribution in [3.05, 3.63) is 29.3 Å². The van der Waals surface area contributed by atoms with E-state index < -0.39 is 0 Å². The van der Waals surface area contributed by atoms with Gasteiger partial charge in [0, 0.05) is 5.92 Å². The van der Waals surface area contributed by atoms with Crippen molar-refractivity contribution in [3.8, 4) is 5.75 Å². The molecule has 0 fully saturated rings. The predicted octanol–water partition coefficient (Wildman–Crippen LogP) is 2.60. The highest BCUT2D eigenvalue weighted by Crippen LogP contribution is 2.40. The van der Waals surface area contributed by atoms with E-state index in [1.807, 2.05) is 0 Å². The van der Waals surface area contributed by atoms with Gasteiger partial charge in [0.05, 0.1) is 5.54 Å². The van der Waals surface area contributed by atoms with E-state index in [-0.39, 0.29) is 5.54 Å². The number of rotatable bonds is 1. The lowest BCUT2D eigenvalue weighted by molar-refractivity contribution is 0.171. The molecule has 0 saturated carbocycles. The van der Waals surface area contributed by atoms with Crippen LogP contribution < -0.4 is 10.5 Å². The van der Waals surface area contributed by atoms with Crippen LogP contribution in [0.2, 0.25) is 0 Å². The van der Waals surface area contributed by atoms with Gasteiger partial charge in [0.1, 0.15) is 12.4 Å². The van der Waals surface area contributed by atoms with Gasteiger partial charge in [-0.25, -0.2) is 0 Å². The van der Waals surface area contributed by atoms with Gasteiger partial charge < -0.3 is 10.5 Å². The third kappa shape index (κ3) is 1.74. The third-order valence-electron chi connectivity index (χ3n) is 3.28. The van der Waals surface area contributed by atoms with Gasteiger partial charge in [-0.3, -0.25) is 0 Å². The summed E-state index contributed by atoms with van der Waals surface area (Å²) < 4.78 is 5.70. The van der Waals surface area contributed by atoms with Gasteiger partial charge in [0.25, 0.3) is 0 Å². The summed E-state index contributed by atoms with van der Waals surface area (Å²) in [6.45, 7) is 6.98. The minimum atomic E-state index is -0.241. The lowest BCUT2D eigenvalue weighted by Crippen LogP contribution is -2.50. The summed E-state index contributed by atoms with van der Waals surface area (Å²) in [5.41, 5.74) is 8.58. The molecule has 0 spiro atoms. The van der Waals surface area contributed by atoms with Crippen LogP contribution in [0.3, 0.4) is 0 Å². The summed E-state index contributed by atoms with van der Waals surface area (Å²) in [5, 5.41) is 0. The van der Waals surface area contributed by atoms with Gasteiger partial charge in [-0.15, -0.1) is 0 Å². The van der Waals surface area contributed by atoms with E-state index in [1.165, 1.54) is 11.1 Å². The van der Waals surface area contributed by atoms with E-state index in [0.29, 0.717) is 12.5 Å². The number of fused-ring (bicyclic) bond motifs is 1. The minimum absolute atomic E-state index is 0.241. The first-order chi connectivity index (χ1) is 7.04. The Morgan fingerprint density at radius 3 is 2.93 bits per heavy atom. The molecule has 2 atom stereocenters. The van der Waals surface area contributed by atoms with Crippen molar-refractivity contribution in [2.75, 3.05) is 6.61 Å². The standard InChI is InChI=1S/C13H19NO/c1-4-11-10-7-9(2)5-6-12(10)15-8-13(11,3)14/h5-7,11H,4,8,14H2,1-3H3/t11-,13+/m0/s1. The van der Waals surface area contributed by atoms with Crippen molar-refractivity contribution in [1.82, 2.24) is 0 Å². The SMILES string of the molecule is CC[C@H]1c2cc(C)ccc2OC[C@@]1(C)N. The maximum absolute atomic E-state index is 6.27. The zero-order valence-corrected chi connectivity index (χ0v) is 9.71. The zero-order valence-electron chi connectivity index (χ0n) is 9.71. The predicted molar refractivity (Wildman–Crippen MR) is 62.3 cm³/mol. The normalized spacial score (nSPS) is 29.5. The number of aryl methyl sites for hydroxylation is 1. The first kappa shape index (κ1) is 10.5. The number of hydrogen-bond donors (Lipinski definition) is 1. The van der Waals surface area contributed by atoms with Crippen LogP contribution in [0.4, 0.5) is 0 Å². The molecule has 1 heterocycles. The van der Waals surface area contributed by atoms with Gasteiger partial charge in [0.2, 0.25) is 0 Å². The molecule has 0 saturated heterocycles. The zero-order chi connectivity index (χ0) is 11.1. The van der Waals surface area contributed by atoms with E-state index >= 15 is 0 Å². The lowest BCUT2D eigenvalue weighted by Gasteiger charge is -2.39. The Balaban J connectivity index is 2.49. The van der Waals surface area contributed by atoms with Gasteiger partial charge in [-0.05, 0) is 31.9 Å². The van der Waals surface area contributed by atoms with E-state index in [4.69, 9.17) is 10.5 Å². The fourth-order valence-corrected chi connectivity index (χ4v) is 2.45. The molecule has 0 aromatic heterocycles. The molecule has 2 nitrogen and oxygen atoms in total. The Morgan fingerprint density at radius 2 is 2.27 bits per heavy atom. The molecule has 0 bridgehead atoms. The van der Waals surface area contributed by atoms with Gasteiger partial charge >= 0.3 is 0 Å². The van der Waals surface area contributed by atoms with Crippen LogP contribution in [-0.4, -0.2) is 12.1 Å². The Bertz CT molecular complexity index is 371. The molecule has 0 amide bonds. The van der Waals surface area contributed by atoms with Gasteiger partial charge in [-0.1, -0.05) is 24.6 Å². The average Bonchev–Trinajstić information content (AvgIpc) is 2.16. The van der Waals surface area contributed by atoms with Crippen molar-refractivity contribution in [1.29, 1.82) is 0 Å². The summed E-state index contributed by atoms with van der Waals surface area (Å²) >= 11 is 0. The number of nitrogens with two attached hydrogens (primary N) is 1. The Hall–Kier alpha value is -1.02. The smallest absolute Gasteiger partial charge is 0.122 e. The summed E-state index contributed by atoms with van der Waals surface area (Å²) in [7, 11) is 0. The molecule has 1 aromatic rings. The van der Waals surface area contributed by atoms with E-state index in [2.05, 4.69) is 39.0 Å². The Labute approximate surface area is 91.4 Å². The van der Waals surface area contributed by atoms with Crippen LogP contribution in [0, 0.1) is 6.92 Å². The first-order valence-electron chi connectivity index (χ1n) is 5.57. The van der Waals surface area contributed by atoms with Crippen LogP contribution >= 0.6 is 0 Å². The van der Waals surface area contributed by atoms with Crippen molar-refractivity contribution in [2.45, 2.75) is 38.6 Å². The topological polar surface area (TPSA) is 35.2 Å². The third-order valence-corrected chi connectivity index (χ3v) is 3.28. The van der Waals surface area contributed by atoms with Crippen LogP contribution in [0.5, 0.6) is 5.75 Å². The second kappa shape index (κ2) is 3.53. The molecule has 15 heavy (non-hydrogen) atoms. The second-order valence-corrected chi connectivity index (χ2v) is 4.80. The maximum atomic E-state index is 6.27. The Kier molecular flexibility index (Phi) is 2.47. The summed E-state index contributed by atoms with van der Waals surface area (Å²) in [5.74, 6) is 1.41. The van der Waals surface area contributed by atoms with Crippen molar-refractivity contribution >= 4 is 0 Å². The summed E-state index contributed by atoms with van der Waals surface area (Å²) in [6, 6.07) is 6.35. The highest BCUT2D eigenvalue weighted by Gasteiger charge is 2.36. The molecule has 2 heteroatoms. The van der Waals surface area contributed by atoms with E-state index in [9.17, 15) is 0 Å². The molecule has 1 aromatic carbocycles. The van der Waals surface area contributed by atoms with Crippen LogP contribution in [0.15, 0.2) is 18.2 Å². The fraction of sp³-hybridized carbons (Fsp3) is 0.538. The largest absolute Gasteiger partial charge is 0.491 e. The quantitative estimate of drug-likeness (QED) is 0.765. The number of ether oxygens (including phenoxy) is 1. The first-order valence-corrected chi connectivity index (χ1v) is 5.57. The Morgan fingerprint density at radius 1 is 1.53 bits per heavy atom. The fourth-order valence-electron chi connectivity index (χ4n) is 2.45. The molecule has 1 aliphatic heterocycles. The van der Waals surface area contributed by atoms with E-state index in [0.717, 1.165) is 12.2 Å². The number of benzene rings is 1. The molecule has 0 unspecified atom stereocenters. The van der Waals surface area contributed by atoms with Crippen LogP contribution in [-0.2, 0) is 0 Å². The van der Waals surface area contributed by atoms with Gasteiger partial charge in [-0.2, -0.15) is 0 Å². The number of hydrogen-bond acceptors (Lipinski definition) is 2. The average molecular weight is 205 g/mol. The summed E-state index contributed by atoms with van der Waals surface area (Å²) in [6.07, 6.45) is 1.06.